The van der Waals surface area contributed by atoms with Crippen molar-refractivity contribution in [3.63, 3.8) is 0 Å². The highest BCUT2D eigenvalue weighted by Crippen LogP contribution is 2.29. The Labute approximate surface area is 120 Å². The Morgan fingerprint density at radius 3 is 2.42 bits per heavy atom. The fraction of sp³-hybridized carbons (Fsp3) is 0.0909. The first-order valence-electron chi connectivity index (χ1n) is 4.90. The quantitative estimate of drug-likeness (QED) is 0.438. The van der Waals surface area contributed by atoms with Gasteiger partial charge in [-0.15, -0.1) is 0 Å². The predicted molar refractivity (Wildman–Crippen MR) is 72.3 cm³/mol. The van der Waals surface area contributed by atoms with Crippen LogP contribution in [0.25, 0.3) is 10.8 Å². The minimum atomic E-state index is -5.63. The van der Waals surface area contributed by atoms with E-state index in [-0.39, 0.29) is 5.75 Å². The molecule has 2 aromatic carbocycles. The molecule has 0 aromatic heterocycles. The average Bonchev–Trinajstić information content (AvgIpc) is 2.27. The second-order valence-corrected chi connectivity index (χ2v) is 6.31. The first-order chi connectivity index (χ1) is 8.71. The number of alkyl halides is 3. The molecule has 102 valence electrons. The van der Waals surface area contributed by atoms with Crippen molar-refractivity contribution >= 4 is 43.5 Å². The molecule has 0 fully saturated rings. The average molecular weight is 402 g/mol. The van der Waals surface area contributed by atoms with Gasteiger partial charge in [0.15, 0.2) is 0 Å². The molecule has 19 heavy (non-hydrogen) atoms. The van der Waals surface area contributed by atoms with Crippen LogP contribution in [-0.4, -0.2) is 13.9 Å². The monoisotopic (exact) mass is 402 g/mol. The second-order valence-electron chi connectivity index (χ2n) is 3.61. The van der Waals surface area contributed by atoms with Gasteiger partial charge >= 0.3 is 15.6 Å². The van der Waals surface area contributed by atoms with Crippen molar-refractivity contribution < 1.29 is 25.8 Å². The van der Waals surface area contributed by atoms with Gasteiger partial charge in [0.05, 0.1) is 0 Å². The summed E-state index contributed by atoms with van der Waals surface area (Å²) >= 11 is 2.07. The molecule has 3 nitrogen and oxygen atoms in total. The molecular weight excluding hydrogens is 396 g/mol. The lowest BCUT2D eigenvalue weighted by molar-refractivity contribution is -0.0500. The molecular formula is C11H6F3IO3S. The first-order valence-corrected chi connectivity index (χ1v) is 7.38. The van der Waals surface area contributed by atoms with Crippen LogP contribution in [0.3, 0.4) is 0 Å². The van der Waals surface area contributed by atoms with Gasteiger partial charge in [0.1, 0.15) is 5.75 Å². The third-order valence-electron chi connectivity index (χ3n) is 2.29. The normalized spacial score (nSPS) is 12.6. The van der Waals surface area contributed by atoms with E-state index in [1.807, 2.05) is 6.07 Å². The van der Waals surface area contributed by atoms with Gasteiger partial charge in [-0.1, -0.05) is 12.1 Å². The lowest BCUT2D eigenvalue weighted by Gasteiger charge is -2.10. The Kier molecular flexibility index (Phi) is 3.65. The third-order valence-corrected chi connectivity index (χ3v) is 4.21. The third kappa shape index (κ3) is 2.94. The summed E-state index contributed by atoms with van der Waals surface area (Å²) in [5.74, 6) is -0.369. The molecule has 0 radical (unpaired) electrons. The van der Waals surface area contributed by atoms with Crippen LogP contribution in [0.5, 0.6) is 5.75 Å². The molecule has 0 aliphatic rings. The molecule has 2 rings (SSSR count). The fourth-order valence-electron chi connectivity index (χ4n) is 1.45. The van der Waals surface area contributed by atoms with Crippen LogP contribution in [-0.2, 0) is 10.1 Å². The Bertz CT molecular complexity index is 726. The molecule has 0 saturated carbocycles. The van der Waals surface area contributed by atoms with Crippen LogP contribution >= 0.6 is 22.6 Å². The summed E-state index contributed by atoms with van der Waals surface area (Å²) in [5.41, 5.74) is -5.44. The summed E-state index contributed by atoms with van der Waals surface area (Å²) in [6.45, 7) is 0. The van der Waals surface area contributed by atoms with Crippen molar-refractivity contribution in [1.82, 2.24) is 0 Å². The highest BCUT2D eigenvalue weighted by molar-refractivity contribution is 14.1. The van der Waals surface area contributed by atoms with E-state index in [1.54, 1.807) is 12.1 Å². The number of hydrogen-bond acceptors (Lipinski definition) is 3. The summed E-state index contributed by atoms with van der Waals surface area (Å²) in [6.07, 6.45) is 0. The van der Waals surface area contributed by atoms with Crippen LogP contribution in [0.2, 0.25) is 0 Å². The zero-order chi connectivity index (χ0) is 14.3. The van der Waals surface area contributed by atoms with Gasteiger partial charge in [-0.05, 0) is 57.6 Å². The topological polar surface area (TPSA) is 43.4 Å². The van der Waals surface area contributed by atoms with Crippen molar-refractivity contribution in [3.05, 3.63) is 40.0 Å². The highest BCUT2D eigenvalue weighted by Gasteiger charge is 2.48. The van der Waals surface area contributed by atoms with Crippen LogP contribution in [0, 0.1) is 3.57 Å². The Morgan fingerprint density at radius 2 is 1.79 bits per heavy atom. The number of fused-ring (bicyclic) bond motifs is 1. The van der Waals surface area contributed by atoms with Crippen LogP contribution in [0.1, 0.15) is 0 Å². The number of hydrogen-bond donors (Lipinski definition) is 0. The summed E-state index contributed by atoms with van der Waals surface area (Å²) in [6, 6.07) is 9.15. The second kappa shape index (κ2) is 4.82. The molecule has 8 heteroatoms. The van der Waals surface area contributed by atoms with Crippen LogP contribution in [0.15, 0.2) is 36.4 Å². The van der Waals surface area contributed by atoms with Gasteiger partial charge < -0.3 is 4.18 Å². The van der Waals surface area contributed by atoms with Crippen molar-refractivity contribution in [2.24, 2.45) is 0 Å². The SMILES string of the molecule is O=S(=O)(Oc1ccc2c(I)cccc2c1)C(F)(F)F. The van der Waals surface area contributed by atoms with Gasteiger partial charge in [0, 0.05) is 3.57 Å². The lowest BCUT2D eigenvalue weighted by Crippen LogP contribution is -2.28. The molecule has 0 aliphatic carbocycles. The standard InChI is InChI=1S/C11H6F3IO3S/c12-11(13,14)19(16,17)18-8-4-5-9-7(6-8)2-1-3-10(9)15/h1-6H. The van der Waals surface area contributed by atoms with Crippen molar-refractivity contribution in [2.45, 2.75) is 5.51 Å². The number of benzene rings is 2. The smallest absolute Gasteiger partial charge is 0.376 e. The van der Waals surface area contributed by atoms with E-state index in [0.717, 1.165) is 8.96 Å². The summed E-state index contributed by atoms with van der Waals surface area (Å²) in [5, 5.41) is 1.40. The van der Waals surface area contributed by atoms with E-state index in [2.05, 4.69) is 26.8 Å². The molecule has 0 amide bonds. The van der Waals surface area contributed by atoms with E-state index >= 15 is 0 Å². The van der Waals surface area contributed by atoms with Gasteiger partial charge in [-0.25, -0.2) is 0 Å². The maximum absolute atomic E-state index is 12.2. The van der Waals surface area contributed by atoms with Crippen LogP contribution in [0.4, 0.5) is 13.2 Å². The first kappa shape index (κ1) is 14.4. The van der Waals surface area contributed by atoms with E-state index in [0.29, 0.717) is 5.39 Å². The maximum atomic E-state index is 12.2. The summed E-state index contributed by atoms with van der Waals surface area (Å²) in [4.78, 5) is 0. The van der Waals surface area contributed by atoms with E-state index in [1.165, 1.54) is 18.2 Å². The van der Waals surface area contributed by atoms with Gasteiger partial charge in [0.2, 0.25) is 0 Å². The lowest BCUT2D eigenvalue weighted by atomic mass is 10.1. The Morgan fingerprint density at radius 1 is 1.11 bits per heavy atom. The van der Waals surface area contributed by atoms with Gasteiger partial charge in [-0.3, -0.25) is 0 Å². The minimum absolute atomic E-state index is 0.369. The fourth-order valence-corrected chi connectivity index (χ4v) is 2.60. The summed E-state index contributed by atoms with van der Waals surface area (Å²) < 4.78 is 63.3. The van der Waals surface area contributed by atoms with Crippen molar-refractivity contribution in [3.8, 4) is 5.75 Å². The molecule has 0 spiro atoms. The molecule has 0 bridgehead atoms. The van der Waals surface area contributed by atoms with Crippen molar-refractivity contribution in [2.75, 3.05) is 0 Å². The van der Waals surface area contributed by atoms with Gasteiger partial charge in [-0.2, -0.15) is 21.6 Å². The highest BCUT2D eigenvalue weighted by atomic mass is 127. The Balaban J connectivity index is 2.44. The molecule has 0 N–H and O–H groups in total. The van der Waals surface area contributed by atoms with Gasteiger partial charge in [0.25, 0.3) is 0 Å². The molecule has 0 heterocycles. The summed E-state index contributed by atoms with van der Waals surface area (Å²) in [7, 11) is -5.63. The predicted octanol–water partition coefficient (Wildman–Crippen LogP) is 3.67. The molecule has 2 aromatic rings. The maximum Gasteiger partial charge on any atom is 0.534 e. The Hall–Kier alpha value is -1.03. The molecule has 0 atom stereocenters. The zero-order valence-corrected chi connectivity index (χ0v) is 12.1. The number of rotatable bonds is 2. The van der Waals surface area contributed by atoms with Crippen LogP contribution < -0.4 is 4.18 Å². The zero-order valence-electron chi connectivity index (χ0n) is 9.11. The van der Waals surface area contributed by atoms with E-state index in [9.17, 15) is 21.6 Å². The minimum Gasteiger partial charge on any atom is -0.376 e. The van der Waals surface area contributed by atoms with E-state index < -0.39 is 15.6 Å². The van der Waals surface area contributed by atoms with E-state index in [4.69, 9.17) is 0 Å². The van der Waals surface area contributed by atoms with Crippen molar-refractivity contribution in [1.29, 1.82) is 0 Å². The largest absolute Gasteiger partial charge is 0.534 e. The molecule has 0 aliphatic heterocycles. The molecule has 0 saturated heterocycles. The molecule has 0 unspecified atom stereocenters. The number of halogens is 4.